The molecule has 0 aliphatic heterocycles. The van der Waals surface area contributed by atoms with E-state index in [9.17, 15) is 10.2 Å². The Morgan fingerprint density at radius 1 is 1.26 bits per heavy atom. The molecule has 0 radical (unpaired) electrons. The first-order valence-electron chi connectivity index (χ1n) is 6.56. The van der Waals surface area contributed by atoms with Gasteiger partial charge < -0.3 is 14.9 Å². The standard InChI is InChI=1S/C15H25NO3/c1-15(2,12-17)16(10-14(18)11-19-3)9-13-7-5-4-6-8-13/h4-8,14,17-18H,9-12H2,1-3H3. The molecule has 0 saturated carbocycles. The van der Waals surface area contributed by atoms with Gasteiger partial charge in [-0.1, -0.05) is 30.3 Å². The van der Waals surface area contributed by atoms with Crippen molar-refractivity contribution in [3.8, 4) is 0 Å². The highest BCUT2D eigenvalue weighted by Crippen LogP contribution is 2.18. The van der Waals surface area contributed by atoms with E-state index in [1.165, 1.54) is 0 Å². The van der Waals surface area contributed by atoms with E-state index >= 15 is 0 Å². The predicted molar refractivity (Wildman–Crippen MR) is 75.9 cm³/mol. The molecule has 0 saturated heterocycles. The number of rotatable bonds is 8. The van der Waals surface area contributed by atoms with Crippen molar-refractivity contribution in [2.45, 2.75) is 32.0 Å². The third-order valence-electron chi connectivity index (χ3n) is 3.25. The van der Waals surface area contributed by atoms with E-state index < -0.39 is 6.10 Å². The lowest BCUT2D eigenvalue weighted by atomic mass is 10.0. The lowest BCUT2D eigenvalue weighted by molar-refractivity contribution is -0.0128. The van der Waals surface area contributed by atoms with Crippen LogP contribution in [0.1, 0.15) is 19.4 Å². The van der Waals surface area contributed by atoms with Gasteiger partial charge in [0.2, 0.25) is 0 Å². The molecular formula is C15H25NO3. The molecule has 0 aliphatic rings. The van der Waals surface area contributed by atoms with Crippen molar-refractivity contribution >= 4 is 0 Å². The molecule has 0 heterocycles. The smallest absolute Gasteiger partial charge is 0.0900 e. The summed E-state index contributed by atoms with van der Waals surface area (Å²) in [4.78, 5) is 2.08. The molecule has 2 N–H and O–H groups in total. The van der Waals surface area contributed by atoms with Crippen LogP contribution in [0.15, 0.2) is 30.3 Å². The van der Waals surface area contributed by atoms with Crippen LogP contribution in [0.4, 0.5) is 0 Å². The second kappa shape index (κ2) is 7.60. The summed E-state index contributed by atoms with van der Waals surface area (Å²) in [5.41, 5.74) is 0.776. The maximum absolute atomic E-state index is 9.91. The fourth-order valence-electron chi connectivity index (χ4n) is 1.93. The lowest BCUT2D eigenvalue weighted by Crippen LogP contribution is -2.50. The van der Waals surface area contributed by atoms with Gasteiger partial charge in [0.05, 0.1) is 19.3 Å². The fraction of sp³-hybridized carbons (Fsp3) is 0.600. The van der Waals surface area contributed by atoms with Crippen LogP contribution in [0, 0.1) is 0 Å². The number of aliphatic hydroxyl groups excluding tert-OH is 2. The average molecular weight is 267 g/mol. The van der Waals surface area contributed by atoms with Gasteiger partial charge in [0.15, 0.2) is 0 Å². The van der Waals surface area contributed by atoms with Gasteiger partial charge in [-0.3, -0.25) is 4.90 Å². The van der Waals surface area contributed by atoms with Crippen LogP contribution in [-0.2, 0) is 11.3 Å². The van der Waals surface area contributed by atoms with Crippen molar-refractivity contribution in [3.63, 3.8) is 0 Å². The first-order chi connectivity index (χ1) is 8.99. The van der Waals surface area contributed by atoms with Gasteiger partial charge in [-0.2, -0.15) is 0 Å². The van der Waals surface area contributed by atoms with E-state index in [1.807, 2.05) is 44.2 Å². The lowest BCUT2D eigenvalue weighted by Gasteiger charge is -2.38. The van der Waals surface area contributed by atoms with Crippen LogP contribution < -0.4 is 0 Å². The summed E-state index contributed by atoms with van der Waals surface area (Å²) < 4.78 is 4.96. The minimum atomic E-state index is -0.556. The van der Waals surface area contributed by atoms with E-state index in [4.69, 9.17) is 4.74 Å². The van der Waals surface area contributed by atoms with Crippen LogP contribution in [0.2, 0.25) is 0 Å². The van der Waals surface area contributed by atoms with E-state index in [1.54, 1.807) is 7.11 Å². The van der Waals surface area contributed by atoms with E-state index in [0.717, 1.165) is 5.56 Å². The molecule has 1 atom stereocenters. The molecule has 19 heavy (non-hydrogen) atoms. The van der Waals surface area contributed by atoms with Gasteiger partial charge in [-0.15, -0.1) is 0 Å². The Morgan fingerprint density at radius 3 is 2.42 bits per heavy atom. The molecule has 0 fully saturated rings. The molecule has 1 unspecified atom stereocenters. The molecule has 0 spiro atoms. The molecule has 1 rings (SSSR count). The second-order valence-corrected chi connectivity index (χ2v) is 5.45. The minimum Gasteiger partial charge on any atom is -0.394 e. The van der Waals surface area contributed by atoms with Crippen molar-refractivity contribution in [2.24, 2.45) is 0 Å². The van der Waals surface area contributed by atoms with Gasteiger partial charge in [0.25, 0.3) is 0 Å². The third-order valence-corrected chi connectivity index (χ3v) is 3.25. The Bertz CT molecular complexity index is 354. The van der Waals surface area contributed by atoms with Gasteiger partial charge >= 0.3 is 0 Å². The minimum absolute atomic E-state index is 0.0412. The number of β-amino-alcohol motifs (C(OH)–C–C–N with tert-alkyl or cyclic N) is 1. The molecule has 1 aromatic carbocycles. The first kappa shape index (κ1) is 16.1. The van der Waals surface area contributed by atoms with Crippen LogP contribution in [0.5, 0.6) is 0 Å². The Labute approximate surface area is 115 Å². The van der Waals surface area contributed by atoms with Crippen molar-refractivity contribution in [3.05, 3.63) is 35.9 Å². The topological polar surface area (TPSA) is 52.9 Å². The third kappa shape index (κ3) is 5.28. The molecule has 108 valence electrons. The largest absolute Gasteiger partial charge is 0.394 e. The summed E-state index contributed by atoms with van der Waals surface area (Å²) in [5, 5.41) is 19.4. The summed E-state index contributed by atoms with van der Waals surface area (Å²) in [6, 6.07) is 10.0. The van der Waals surface area contributed by atoms with E-state index in [0.29, 0.717) is 19.7 Å². The fourth-order valence-corrected chi connectivity index (χ4v) is 1.93. The number of benzene rings is 1. The molecular weight excluding hydrogens is 242 g/mol. The highest BCUT2D eigenvalue weighted by Gasteiger charge is 2.27. The van der Waals surface area contributed by atoms with Gasteiger partial charge in [-0.25, -0.2) is 0 Å². The normalized spacial score (nSPS) is 13.8. The molecule has 0 aliphatic carbocycles. The van der Waals surface area contributed by atoms with E-state index in [2.05, 4.69) is 4.90 Å². The Hall–Kier alpha value is -0.940. The number of aliphatic hydroxyl groups is 2. The van der Waals surface area contributed by atoms with E-state index in [-0.39, 0.29) is 12.1 Å². The van der Waals surface area contributed by atoms with Crippen molar-refractivity contribution in [2.75, 3.05) is 26.9 Å². The Kier molecular flexibility index (Phi) is 6.45. The van der Waals surface area contributed by atoms with Gasteiger partial charge in [0, 0.05) is 25.7 Å². The first-order valence-corrected chi connectivity index (χ1v) is 6.56. The molecule has 0 aromatic heterocycles. The zero-order valence-electron chi connectivity index (χ0n) is 12.0. The highest BCUT2D eigenvalue weighted by molar-refractivity contribution is 5.15. The Balaban J connectivity index is 2.75. The zero-order valence-corrected chi connectivity index (χ0v) is 12.0. The summed E-state index contributed by atoms with van der Waals surface area (Å²) in [6.45, 7) is 5.43. The highest BCUT2D eigenvalue weighted by atomic mass is 16.5. The number of ether oxygens (including phenoxy) is 1. The summed E-state index contributed by atoms with van der Waals surface area (Å²) >= 11 is 0. The molecule has 4 heteroatoms. The second-order valence-electron chi connectivity index (χ2n) is 5.45. The van der Waals surface area contributed by atoms with Crippen LogP contribution in [0.25, 0.3) is 0 Å². The predicted octanol–water partition coefficient (Wildman–Crippen LogP) is 1.27. The maximum Gasteiger partial charge on any atom is 0.0900 e. The molecule has 4 nitrogen and oxygen atoms in total. The SMILES string of the molecule is COCC(O)CN(Cc1ccccc1)C(C)(C)CO. The van der Waals surface area contributed by atoms with Crippen LogP contribution >= 0.6 is 0 Å². The number of hydrogen-bond acceptors (Lipinski definition) is 4. The van der Waals surface area contributed by atoms with Crippen LogP contribution in [0.3, 0.4) is 0 Å². The average Bonchev–Trinajstić information content (AvgIpc) is 2.39. The number of hydrogen-bond donors (Lipinski definition) is 2. The van der Waals surface area contributed by atoms with Crippen LogP contribution in [-0.4, -0.2) is 53.6 Å². The zero-order chi connectivity index (χ0) is 14.3. The van der Waals surface area contributed by atoms with Gasteiger partial charge in [-0.05, 0) is 19.4 Å². The summed E-state index contributed by atoms with van der Waals surface area (Å²) in [7, 11) is 1.57. The Morgan fingerprint density at radius 2 is 1.89 bits per heavy atom. The van der Waals surface area contributed by atoms with Crippen molar-refractivity contribution < 1.29 is 14.9 Å². The van der Waals surface area contributed by atoms with Crippen molar-refractivity contribution in [1.29, 1.82) is 0 Å². The molecule has 0 bridgehead atoms. The molecule has 0 amide bonds. The van der Waals surface area contributed by atoms with Gasteiger partial charge in [0.1, 0.15) is 0 Å². The summed E-state index contributed by atoms with van der Waals surface area (Å²) in [5.74, 6) is 0. The number of nitrogens with zero attached hydrogens (tertiary/aromatic N) is 1. The monoisotopic (exact) mass is 267 g/mol. The summed E-state index contributed by atoms with van der Waals surface area (Å²) in [6.07, 6.45) is -0.556. The molecule has 1 aromatic rings. The number of methoxy groups -OCH3 is 1. The van der Waals surface area contributed by atoms with Crippen molar-refractivity contribution in [1.82, 2.24) is 4.90 Å². The maximum atomic E-state index is 9.91. The quantitative estimate of drug-likeness (QED) is 0.745.